The van der Waals surface area contributed by atoms with Gasteiger partial charge in [-0.2, -0.15) is 13.2 Å². The van der Waals surface area contributed by atoms with E-state index in [1.54, 1.807) is 0 Å². The SMILES string of the molecule is NCc1cc(C=O)c(C(F)(F)F)o1. The average Bonchev–Trinajstić information content (AvgIpc) is 2.46. The third-order valence-corrected chi connectivity index (χ3v) is 1.40. The quantitative estimate of drug-likeness (QED) is 0.725. The zero-order chi connectivity index (χ0) is 10.1. The summed E-state index contributed by atoms with van der Waals surface area (Å²) in [4.78, 5) is 10.2. The van der Waals surface area contributed by atoms with E-state index in [2.05, 4.69) is 4.42 Å². The van der Waals surface area contributed by atoms with E-state index in [1.165, 1.54) is 0 Å². The third-order valence-electron chi connectivity index (χ3n) is 1.40. The van der Waals surface area contributed by atoms with Crippen LogP contribution < -0.4 is 5.73 Å². The van der Waals surface area contributed by atoms with Crippen LogP contribution in [0.4, 0.5) is 13.2 Å². The number of nitrogens with two attached hydrogens (primary N) is 1. The van der Waals surface area contributed by atoms with Crippen LogP contribution in [0.3, 0.4) is 0 Å². The summed E-state index contributed by atoms with van der Waals surface area (Å²) in [6, 6.07) is 0.982. The highest BCUT2D eigenvalue weighted by molar-refractivity contribution is 5.76. The van der Waals surface area contributed by atoms with Gasteiger partial charge in [0.1, 0.15) is 5.76 Å². The first-order valence-electron chi connectivity index (χ1n) is 3.34. The maximum Gasteiger partial charge on any atom is 0.450 e. The van der Waals surface area contributed by atoms with Gasteiger partial charge in [-0.3, -0.25) is 4.79 Å². The van der Waals surface area contributed by atoms with E-state index in [1.807, 2.05) is 0 Å². The van der Waals surface area contributed by atoms with E-state index in [4.69, 9.17) is 5.73 Å². The third kappa shape index (κ3) is 1.89. The Morgan fingerprint density at radius 1 is 1.54 bits per heavy atom. The number of carbonyl (C=O) groups is 1. The number of carbonyl (C=O) groups excluding carboxylic acids is 1. The Morgan fingerprint density at radius 2 is 2.15 bits per heavy atom. The van der Waals surface area contributed by atoms with Crippen molar-refractivity contribution in [3.63, 3.8) is 0 Å². The summed E-state index contributed by atoms with van der Waals surface area (Å²) in [5.74, 6) is -1.35. The molecule has 0 bridgehead atoms. The van der Waals surface area contributed by atoms with Crippen molar-refractivity contribution in [2.45, 2.75) is 12.7 Å². The molecule has 72 valence electrons. The molecular weight excluding hydrogens is 187 g/mol. The van der Waals surface area contributed by atoms with Crippen LogP contribution in [0, 0.1) is 0 Å². The highest BCUT2D eigenvalue weighted by Gasteiger charge is 2.38. The molecule has 0 atom stereocenters. The number of hydrogen-bond donors (Lipinski definition) is 1. The molecule has 1 aromatic heterocycles. The van der Waals surface area contributed by atoms with Crippen molar-refractivity contribution in [1.82, 2.24) is 0 Å². The molecule has 1 heterocycles. The molecule has 0 aromatic carbocycles. The molecule has 13 heavy (non-hydrogen) atoms. The Hall–Kier alpha value is -1.30. The summed E-state index contributed by atoms with van der Waals surface area (Å²) >= 11 is 0. The van der Waals surface area contributed by atoms with E-state index >= 15 is 0 Å². The van der Waals surface area contributed by atoms with Crippen LogP contribution in [0.25, 0.3) is 0 Å². The van der Waals surface area contributed by atoms with Crippen molar-refractivity contribution in [3.05, 3.63) is 23.2 Å². The standard InChI is InChI=1S/C7H6F3NO2/c8-7(9,10)6-4(3-12)1-5(2-11)13-6/h1,3H,2,11H2. The largest absolute Gasteiger partial charge is 0.454 e. The molecule has 0 amide bonds. The fraction of sp³-hybridized carbons (Fsp3) is 0.286. The van der Waals surface area contributed by atoms with Crippen LogP contribution in [0.1, 0.15) is 21.9 Å². The lowest BCUT2D eigenvalue weighted by Gasteiger charge is -2.01. The van der Waals surface area contributed by atoms with E-state index in [-0.39, 0.29) is 18.6 Å². The maximum absolute atomic E-state index is 12.1. The average molecular weight is 193 g/mol. The van der Waals surface area contributed by atoms with Gasteiger partial charge < -0.3 is 10.2 Å². The fourth-order valence-corrected chi connectivity index (χ4v) is 0.868. The molecule has 3 nitrogen and oxygen atoms in total. The van der Waals surface area contributed by atoms with Crippen LogP contribution in [0.15, 0.2) is 10.5 Å². The number of furan rings is 1. The second kappa shape index (κ2) is 3.21. The van der Waals surface area contributed by atoms with Crippen LogP contribution >= 0.6 is 0 Å². The Balaban J connectivity index is 3.19. The summed E-state index contributed by atoms with van der Waals surface area (Å²) in [6.45, 7) is -0.170. The van der Waals surface area contributed by atoms with Gasteiger partial charge in [-0.05, 0) is 6.07 Å². The maximum atomic E-state index is 12.1. The van der Waals surface area contributed by atoms with Gasteiger partial charge in [0.25, 0.3) is 0 Å². The van der Waals surface area contributed by atoms with Crippen LogP contribution in [-0.2, 0) is 12.7 Å². The minimum atomic E-state index is -4.65. The van der Waals surface area contributed by atoms with Gasteiger partial charge in [0.2, 0.25) is 5.76 Å². The number of hydrogen-bond acceptors (Lipinski definition) is 3. The van der Waals surface area contributed by atoms with Crippen molar-refractivity contribution in [2.75, 3.05) is 0 Å². The number of rotatable bonds is 2. The zero-order valence-electron chi connectivity index (χ0n) is 6.39. The molecule has 1 rings (SSSR count). The first kappa shape index (κ1) is 9.79. The minimum absolute atomic E-state index is 0.0607. The molecule has 0 fully saturated rings. The summed E-state index contributed by atoms with van der Waals surface area (Å²) in [5, 5.41) is 0. The minimum Gasteiger partial charge on any atom is -0.454 e. The molecular formula is C7H6F3NO2. The summed E-state index contributed by atoms with van der Waals surface area (Å²) in [5.41, 5.74) is 4.53. The Bertz CT molecular complexity index is 316. The molecule has 0 saturated carbocycles. The fourth-order valence-electron chi connectivity index (χ4n) is 0.868. The van der Waals surface area contributed by atoms with Gasteiger partial charge in [0, 0.05) is 0 Å². The number of aldehydes is 1. The lowest BCUT2D eigenvalue weighted by atomic mass is 10.2. The molecule has 0 aliphatic rings. The lowest BCUT2D eigenvalue weighted by Crippen LogP contribution is -2.06. The molecule has 0 unspecified atom stereocenters. The second-order valence-electron chi connectivity index (χ2n) is 2.32. The van der Waals surface area contributed by atoms with Gasteiger partial charge in [0.15, 0.2) is 6.29 Å². The van der Waals surface area contributed by atoms with E-state index in [9.17, 15) is 18.0 Å². The van der Waals surface area contributed by atoms with Gasteiger partial charge in [-0.25, -0.2) is 0 Å². The molecule has 0 saturated heterocycles. The van der Waals surface area contributed by atoms with Gasteiger partial charge in [0.05, 0.1) is 12.1 Å². The molecule has 6 heteroatoms. The second-order valence-corrected chi connectivity index (χ2v) is 2.32. The van der Waals surface area contributed by atoms with E-state index < -0.39 is 17.5 Å². The molecule has 2 N–H and O–H groups in total. The topological polar surface area (TPSA) is 56.2 Å². The van der Waals surface area contributed by atoms with Crippen LogP contribution in [0.2, 0.25) is 0 Å². The smallest absolute Gasteiger partial charge is 0.450 e. The molecule has 0 radical (unpaired) electrons. The summed E-state index contributed by atoms with van der Waals surface area (Å²) in [7, 11) is 0. The van der Waals surface area contributed by atoms with Crippen molar-refractivity contribution >= 4 is 6.29 Å². The van der Waals surface area contributed by atoms with Gasteiger partial charge >= 0.3 is 6.18 Å². The first-order valence-corrected chi connectivity index (χ1v) is 3.34. The van der Waals surface area contributed by atoms with Crippen molar-refractivity contribution < 1.29 is 22.4 Å². The van der Waals surface area contributed by atoms with Crippen molar-refractivity contribution in [1.29, 1.82) is 0 Å². The van der Waals surface area contributed by atoms with Crippen molar-refractivity contribution in [2.24, 2.45) is 5.73 Å². The summed E-state index contributed by atoms with van der Waals surface area (Å²) in [6.07, 6.45) is -4.56. The molecule has 1 aromatic rings. The van der Waals surface area contributed by atoms with Crippen LogP contribution in [-0.4, -0.2) is 6.29 Å². The number of alkyl halides is 3. The van der Waals surface area contributed by atoms with E-state index in [0.29, 0.717) is 0 Å². The normalized spacial score (nSPS) is 11.7. The monoisotopic (exact) mass is 193 g/mol. The van der Waals surface area contributed by atoms with Crippen molar-refractivity contribution in [3.8, 4) is 0 Å². The van der Waals surface area contributed by atoms with Gasteiger partial charge in [-0.1, -0.05) is 0 Å². The molecule has 0 spiro atoms. The predicted molar refractivity (Wildman–Crippen MR) is 37.0 cm³/mol. The highest BCUT2D eigenvalue weighted by Crippen LogP contribution is 2.33. The first-order chi connectivity index (χ1) is 5.99. The Labute approximate surface area is 71.3 Å². The number of halogens is 3. The highest BCUT2D eigenvalue weighted by atomic mass is 19.4. The van der Waals surface area contributed by atoms with E-state index in [0.717, 1.165) is 6.07 Å². The Morgan fingerprint density at radius 3 is 2.46 bits per heavy atom. The predicted octanol–water partition coefficient (Wildman–Crippen LogP) is 1.57. The zero-order valence-corrected chi connectivity index (χ0v) is 6.39. The lowest BCUT2D eigenvalue weighted by molar-refractivity contribution is -0.153. The van der Waals surface area contributed by atoms with Gasteiger partial charge in [-0.15, -0.1) is 0 Å². The summed E-state index contributed by atoms with van der Waals surface area (Å²) < 4.78 is 40.6. The molecule has 0 aliphatic carbocycles. The Kier molecular flexibility index (Phi) is 2.42. The van der Waals surface area contributed by atoms with Crippen LogP contribution in [0.5, 0.6) is 0 Å². The molecule has 0 aliphatic heterocycles.